The number of Topliss-reactive ketones (excluding diaryl/α,β-unsaturated/α-hetero) is 1. The van der Waals surface area contributed by atoms with E-state index in [0.717, 1.165) is 16.1 Å². The molecule has 9 nitrogen and oxygen atoms in total. The molecule has 0 heterocycles. The number of benzene rings is 2. The van der Waals surface area contributed by atoms with Gasteiger partial charge < -0.3 is 15.0 Å². The third-order valence-electron chi connectivity index (χ3n) is 5.47. The molecule has 10 heteroatoms. The molecule has 0 aliphatic rings. The lowest BCUT2D eigenvalue weighted by Gasteiger charge is -2.32. The van der Waals surface area contributed by atoms with Crippen LogP contribution in [0.4, 0.5) is 5.69 Å². The summed E-state index contributed by atoms with van der Waals surface area (Å²) in [6, 6.07) is 12.4. The fourth-order valence-corrected chi connectivity index (χ4v) is 4.47. The van der Waals surface area contributed by atoms with E-state index in [2.05, 4.69) is 5.32 Å². The summed E-state index contributed by atoms with van der Waals surface area (Å²) in [7, 11) is -2.33. The normalized spacial score (nSPS) is 11.9. The average molecular weight is 504 g/mol. The Labute approximate surface area is 207 Å². The number of rotatable bonds is 12. The predicted molar refractivity (Wildman–Crippen MR) is 135 cm³/mol. The van der Waals surface area contributed by atoms with Crippen molar-refractivity contribution in [3.8, 4) is 5.75 Å². The van der Waals surface area contributed by atoms with Gasteiger partial charge in [0.25, 0.3) is 0 Å². The van der Waals surface area contributed by atoms with E-state index in [9.17, 15) is 22.8 Å². The zero-order valence-electron chi connectivity index (χ0n) is 20.8. The van der Waals surface area contributed by atoms with Gasteiger partial charge in [0.2, 0.25) is 21.8 Å². The van der Waals surface area contributed by atoms with Crippen LogP contribution in [0, 0.1) is 0 Å². The monoisotopic (exact) mass is 503 g/mol. The Morgan fingerprint density at radius 3 is 2.23 bits per heavy atom. The summed E-state index contributed by atoms with van der Waals surface area (Å²) >= 11 is 0. The van der Waals surface area contributed by atoms with Crippen molar-refractivity contribution in [3.05, 3.63) is 59.7 Å². The molecule has 0 saturated heterocycles. The summed E-state index contributed by atoms with van der Waals surface area (Å²) in [6.07, 6.45) is 1.34. The van der Waals surface area contributed by atoms with E-state index in [0.29, 0.717) is 24.3 Å². The van der Waals surface area contributed by atoms with Crippen LogP contribution < -0.4 is 14.4 Å². The van der Waals surface area contributed by atoms with Crippen LogP contribution in [0.25, 0.3) is 0 Å². The van der Waals surface area contributed by atoms with Crippen molar-refractivity contribution in [1.29, 1.82) is 0 Å². The zero-order valence-corrected chi connectivity index (χ0v) is 21.6. The summed E-state index contributed by atoms with van der Waals surface area (Å²) in [6.45, 7) is 4.93. The third kappa shape index (κ3) is 7.54. The van der Waals surface area contributed by atoms with Gasteiger partial charge in [-0.15, -0.1) is 0 Å². The summed E-state index contributed by atoms with van der Waals surface area (Å²) < 4.78 is 31.4. The second-order valence-electron chi connectivity index (χ2n) is 8.06. The van der Waals surface area contributed by atoms with E-state index < -0.39 is 28.5 Å². The van der Waals surface area contributed by atoms with Crippen molar-refractivity contribution in [1.82, 2.24) is 10.2 Å². The molecule has 0 aliphatic heterocycles. The smallest absolute Gasteiger partial charge is 0.244 e. The Morgan fingerprint density at radius 1 is 1.06 bits per heavy atom. The van der Waals surface area contributed by atoms with E-state index in [1.807, 2.05) is 0 Å². The Hall–Kier alpha value is -3.40. The lowest BCUT2D eigenvalue weighted by molar-refractivity contribution is -0.140. The number of carbonyl (C=O) groups excluding carboxylic acids is 3. The van der Waals surface area contributed by atoms with Gasteiger partial charge in [0.15, 0.2) is 5.78 Å². The number of nitrogens with zero attached hydrogens (tertiary/aromatic N) is 2. The molecule has 2 aromatic carbocycles. The molecule has 1 N–H and O–H groups in total. The van der Waals surface area contributed by atoms with Gasteiger partial charge in [-0.1, -0.05) is 31.2 Å². The summed E-state index contributed by atoms with van der Waals surface area (Å²) in [4.78, 5) is 39.6. The van der Waals surface area contributed by atoms with Gasteiger partial charge in [-0.05, 0) is 50.1 Å². The third-order valence-corrected chi connectivity index (χ3v) is 6.61. The van der Waals surface area contributed by atoms with Crippen LogP contribution in [0.5, 0.6) is 5.75 Å². The minimum Gasteiger partial charge on any atom is -0.497 e. The van der Waals surface area contributed by atoms with Crippen LogP contribution in [0.2, 0.25) is 0 Å². The van der Waals surface area contributed by atoms with Crippen LogP contribution in [0.1, 0.15) is 43.1 Å². The largest absolute Gasteiger partial charge is 0.497 e. The number of amides is 2. The molecule has 0 aliphatic carbocycles. The second kappa shape index (κ2) is 12.3. The van der Waals surface area contributed by atoms with Gasteiger partial charge in [0.1, 0.15) is 18.3 Å². The lowest BCUT2D eigenvalue weighted by atomic mass is 10.1. The SMILES string of the molecule is CCNC(=O)[C@@H](CC)N(Cc1ccc(OC)cc1)C(=O)CN(c1cccc(C(C)=O)c1)S(C)(=O)=O. The quantitative estimate of drug-likeness (QED) is 0.446. The predicted octanol–water partition coefficient (Wildman–Crippen LogP) is 2.61. The number of likely N-dealkylation sites (N-methyl/N-ethyl adjacent to an activating group) is 1. The molecule has 0 spiro atoms. The van der Waals surface area contributed by atoms with E-state index in [-0.39, 0.29) is 23.9 Å². The first kappa shape index (κ1) is 27.8. The molecule has 35 heavy (non-hydrogen) atoms. The molecule has 0 unspecified atom stereocenters. The highest BCUT2D eigenvalue weighted by atomic mass is 32.2. The number of carbonyl (C=O) groups is 3. The van der Waals surface area contributed by atoms with Gasteiger partial charge in [-0.25, -0.2) is 8.42 Å². The van der Waals surface area contributed by atoms with Crippen molar-refractivity contribution in [2.75, 3.05) is 30.8 Å². The Morgan fingerprint density at radius 2 is 1.71 bits per heavy atom. The highest BCUT2D eigenvalue weighted by molar-refractivity contribution is 7.92. The number of hydrogen-bond donors (Lipinski definition) is 1. The molecule has 1 atom stereocenters. The highest BCUT2D eigenvalue weighted by Crippen LogP contribution is 2.22. The van der Waals surface area contributed by atoms with Crippen LogP contribution >= 0.6 is 0 Å². The lowest BCUT2D eigenvalue weighted by Crippen LogP contribution is -2.52. The van der Waals surface area contributed by atoms with Crippen molar-refractivity contribution in [2.24, 2.45) is 0 Å². The zero-order chi connectivity index (χ0) is 26.2. The molecular weight excluding hydrogens is 470 g/mol. The standard InChI is InChI=1S/C25H33N3O6S/c1-6-23(25(31)26-7-2)27(16-19-11-13-22(34-4)14-12-19)24(30)17-28(35(5,32)33)21-10-8-9-20(15-21)18(3)29/h8-15,23H,6-7,16-17H2,1-5H3,(H,26,31)/t23-/m1/s1. The first-order valence-electron chi connectivity index (χ1n) is 11.3. The number of sulfonamides is 1. The number of nitrogens with one attached hydrogen (secondary N) is 1. The topological polar surface area (TPSA) is 113 Å². The highest BCUT2D eigenvalue weighted by Gasteiger charge is 2.31. The maximum absolute atomic E-state index is 13.6. The van der Waals surface area contributed by atoms with Gasteiger partial charge in [0, 0.05) is 18.7 Å². The number of methoxy groups -OCH3 is 1. The molecule has 2 aromatic rings. The number of anilines is 1. The van der Waals surface area contributed by atoms with Crippen LogP contribution in [-0.4, -0.2) is 63.4 Å². The van der Waals surface area contributed by atoms with Gasteiger partial charge in [-0.3, -0.25) is 18.7 Å². The van der Waals surface area contributed by atoms with Gasteiger partial charge in [0.05, 0.1) is 19.1 Å². The molecule has 2 rings (SSSR count). The van der Waals surface area contributed by atoms with Crippen molar-refractivity contribution >= 4 is 33.3 Å². The molecule has 0 aromatic heterocycles. The second-order valence-corrected chi connectivity index (χ2v) is 9.97. The van der Waals surface area contributed by atoms with Crippen molar-refractivity contribution < 1.29 is 27.5 Å². The van der Waals surface area contributed by atoms with Crippen LogP contribution in [0.15, 0.2) is 48.5 Å². The molecule has 0 radical (unpaired) electrons. The molecule has 190 valence electrons. The molecular formula is C25H33N3O6S. The summed E-state index contributed by atoms with van der Waals surface area (Å²) in [5.41, 5.74) is 1.28. The first-order chi connectivity index (χ1) is 16.5. The molecule has 0 bridgehead atoms. The molecule has 2 amide bonds. The van der Waals surface area contributed by atoms with Gasteiger partial charge >= 0.3 is 0 Å². The first-order valence-corrected chi connectivity index (χ1v) is 13.1. The Kier molecular flexibility index (Phi) is 9.82. The van der Waals surface area contributed by atoms with E-state index >= 15 is 0 Å². The van der Waals surface area contributed by atoms with E-state index in [4.69, 9.17) is 4.74 Å². The maximum atomic E-state index is 13.6. The number of ether oxygens (including phenoxy) is 1. The minimum atomic E-state index is -3.88. The molecule has 0 saturated carbocycles. The average Bonchev–Trinajstić information content (AvgIpc) is 2.82. The van der Waals surface area contributed by atoms with Crippen LogP contribution in [0.3, 0.4) is 0 Å². The maximum Gasteiger partial charge on any atom is 0.244 e. The minimum absolute atomic E-state index is 0.101. The van der Waals surface area contributed by atoms with Gasteiger partial charge in [-0.2, -0.15) is 0 Å². The fourth-order valence-electron chi connectivity index (χ4n) is 3.63. The summed E-state index contributed by atoms with van der Waals surface area (Å²) in [5.74, 6) is -0.440. The molecule has 0 fully saturated rings. The summed E-state index contributed by atoms with van der Waals surface area (Å²) in [5, 5.41) is 2.75. The van der Waals surface area contributed by atoms with Crippen molar-refractivity contribution in [3.63, 3.8) is 0 Å². The Balaban J connectivity index is 2.45. The number of ketones is 1. The fraction of sp³-hybridized carbons (Fsp3) is 0.400. The van der Waals surface area contributed by atoms with Crippen molar-refractivity contribution in [2.45, 2.75) is 39.8 Å². The van der Waals surface area contributed by atoms with E-state index in [1.54, 1.807) is 57.4 Å². The Bertz CT molecular complexity index is 1150. The van der Waals surface area contributed by atoms with Crippen LogP contribution in [-0.2, 0) is 26.2 Å². The van der Waals surface area contributed by atoms with E-state index in [1.165, 1.54) is 24.0 Å². The number of hydrogen-bond acceptors (Lipinski definition) is 6.